The molecule has 2 heteroatoms. The first-order chi connectivity index (χ1) is 7.77. The van der Waals surface area contributed by atoms with Gasteiger partial charge in [0.1, 0.15) is 0 Å². The summed E-state index contributed by atoms with van der Waals surface area (Å²) in [5, 5.41) is 2.28. The molecule has 0 spiro atoms. The number of nitrogens with zero attached hydrogens (tertiary/aromatic N) is 2. The molecule has 78 valence electrons. The van der Waals surface area contributed by atoms with E-state index >= 15 is 0 Å². The number of benzene rings is 1. The van der Waals surface area contributed by atoms with Crippen molar-refractivity contribution in [2.24, 2.45) is 0 Å². The first kappa shape index (κ1) is 9.28. The van der Waals surface area contributed by atoms with Crippen LogP contribution in [0.2, 0.25) is 0 Å². The van der Waals surface area contributed by atoms with Crippen molar-refractivity contribution in [3.8, 4) is 0 Å². The molecule has 0 atom stereocenters. The van der Waals surface area contributed by atoms with Crippen molar-refractivity contribution in [3.05, 3.63) is 47.8 Å². The molecule has 0 aliphatic carbocycles. The van der Waals surface area contributed by atoms with Crippen molar-refractivity contribution in [2.75, 3.05) is 0 Å². The average Bonchev–Trinajstić information content (AvgIpc) is 2.33. The van der Waals surface area contributed by atoms with Gasteiger partial charge in [-0.3, -0.25) is 9.97 Å². The van der Waals surface area contributed by atoms with E-state index in [1.807, 2.05) is 30.6 Å². The topological polar surface area (TPSA) is 25.8 Å². The summed E-state index contributed by atoms with van der Waals surface area (Å²) in [6, 6.07) is 8.13. The standard InChI is InChI=1S/C14H12N2/c1-9-7-16-14-11-5-3-4-6-13(11)15-8-12(14)10(9)2/h3-8H,1-2H3. The molecule has 3 rings (SSSR count). The summed E-state index contributed by atoms with van der Waals surface area (Å²) in [4.78, 5) is 9.00. The highest BCUT2D eigenvalue weighted by Gasteiger charge is 2.05. The summed E-state index contributed by atoms with van der Waals surface area (Å²) in [5.41, 5.74) is 4.53. The number of aromatic nitrogens is 2. The maximum Gasteiger partial charge on any atom is 0.0814 e. The Morgan fingerprint density at radius 2 is 1.69 bits per heavy atom. The quantitative estimate of drug-likeness (QED) is 0.529. The largest absolute Gasteiger partial charge is 0.255 e. The number of fused-ring (bicyclic) bond motifs is 3. The van der Waals surface area contributed by atoms with E-state index in [1.54, 1.807) is 0 Å². The van der Waals surface area contributed by atoms with Crippen LogP contribution in [0.25, 0.3) is 21.8 Å². The van der Waals surface area contributed by atoms with Gasteiger partial charge in [0.05, 0.1) is 11.0 Å². The summed E-state index contributed by atoms with van der Waals surface area (Å²) in [5.74, 6) is 0. The molecule has 0 radical (unpaired) electrons. The van der Waals surface area contributed by atoms with Crippen LogP contribution >= 0.6 is 0 Å². The molecule has 0 bridgehead atoms. The minimum absolute atomic E-state index is 1.01. The summed E-state index contributed by atoms with van der Waals surface area (Å²) in [6.45, 7) is 4.20. The van der Waals surface area contributed by atoms with E-state index in [-0.39, 0.29) is 0 Å². The van der Waals surface area contributed by atoms with Gasteiger partial charge >= 0.3 is 0 Å². The van der Waals surface area contributed by atoms with Crippen molar-refractivity contribution in [1.82, 2.24) is 9.97 Å². The SMILES string of the molecule is Cc1cnc2c(cnc3ccccc32)c1C. The van der Waals surface area contributed by atoms with Crippen LogP contribution in [0.4, 0.5) is 0 Å². The van der Waals surface area contributed by atoms with Gasteiger partial charge in [-0.15, -0.1) is 0 Å². The zero-order valence-corrected chi connectivity index (χ0v) is 9.36. The predicted molar refractivity (Wildman–Crippen MR) is 66.5 cm³/mol. The monoisotopic (exact) mass is 208 g/mol. The van der Waals surface area contributed by atoms with E-state index in [1.165, 1.54) is 11.1 Å². The van der Waals surface area contributed by atoms with E-state index in [2.05, 4.69) is 29.9 Å². The molecule has 0 N–H and O–H groups in total. The highest BCUT2D eigenvalue weighted by molar-refractivity contribution is 6.03. The lowest BCUT2D eigenvalue weighted by Crippen LogP contribution is -1.90. The second kappa shape index (κ2) is 3.27. The Morgan fingerprint density at radius 3 is 2.56 bits per heavy atom. The maximum atomic E-state index is 4.53. The number of hydrogen-bond acceptors (Lipinski definition) is 2. The van der Waals surface area contributed by atoms with Crippen molar-refractivity contribution in [2.45, 2.75) is 13.8 Å². The van der Waals surface area contributed by atoms with Crippen LogP contribution in [0.1, 0.15) is 11.1 Å². The third-order valence-electron chi connectivity index (χ3n) is 3.13. The average molecular weight is 208 g/mol. The van der Waals surface area contributed by atoms with Gasteiger partial charge in [0, 0.05) is 23.2 Å². The highest BCUT2D eigenvalue weighted by atomic mass is 14.7. The lowest BCUT2D eigenvalue weighted by atomic mass is 10.1. The van der Waals surface area contributed by atoms with Gasteiger partial charge in [-0.2, -0.15) is 0 Å². The van der Waals surface area contributed by atoms with Gasteiger partial charge in [0.15, 0.2) is 0 Å². The third-order valence-corrected chi connectivity index (χ3v) is 3.13. The van der Waals surface area contributed by atoms with E-state index in [4.69, 9.17) is 0 Å². The van der Waals surface area contributed by atoms with E-state index < -0.39 is 0 Å². The molecule has 0 aliphatic rings. The van der Waals surface area contributed by atoms with Gasteiger partial charge in [0.2, 0.25) is 0 Å². The molecule has 16 heavy (non-hydrogen) atoms. The molecule has 0 amide bonds. The van der Waals surface area contributed by atoms with Gasteiger partial charge in [-0.25, -0.2) is 0 Å². The first-order valence-electron chi connectivity index (χ1n) is 5.37. The predicted octanol–water partition coefficient (Wildman–Crippen LogP) is 3.40. The summed E-state index contributed by atoms with van der Waals surface area (Å²) < 4.78 is 0. The first-order valence-corrected chi connectivity index (χ1v) is 5.37. The Labute approximate surface area is 94.0 Å². The molecule has 3 aromatic rings. The van der Waals surface area contributed by atoms with E-state index in [9.17, 15) is 0 Å². The van der Waals surface area contributed by atoms with Crippen molar-refractivity contribution >= 4 is 21.8 Å². The van der Waals surface area contributed by atoms with Crippen LogP contribution in [0.15, 0.2) is 36.7 Å². The molecule has 0 saturated carbocycles. The summed E-state index contributed by atoms with van der Waals surface area (Å²) in [6.07, 6.45) is 3.86. The lowest BCUT2D eigenvalue weighted by Gasteiger charge is -2.06. The highest BCUT2D eigenvalue weighted by Crippen LogP contribution is 2.24. The zero-order valence-electron chi connectivity index (χ0n) is 9.36. The van der Waals surface area contributed by atoms with Gasteiger partial charge in [0.25, 0.3) is 0 Å². The fraction of sp³-hybridized carbons (Fsp3) is 0.143. The minimum Gasteiger partial charge on any atom is -0.255 e. The van der Waals surface area contributed by atoms with Crippen LogP contribution in [0.3, 0.4) is 0 Å². The fourth-order valence-corrected chi connectivity index (χ4v) is 2.01. The fourth-order valence-electron chi connectivity index (χ4n) is 2.01. The second-order valence-corrected chi connectivity index (χ2v) is 4.10. The second-order valence-electron chi connectivity index (χ2n) is 4.10. The van der Waals surface area contributed by atoms with Gasteiger partial charge in [-0.05, 0) is 31.0 Å². The van der Waals surface area contributed by atoms with E-state index in [0.717, 1.165) is 21.8 Å². The van der Waals surface area contributed by atoms with Crippen molar-refractivity contribution < 1.29 is 0 Å². The molecule has 0 unspecified atom stereocenters. The Balaban J connectivity index is 2.58. The number of pyridine rings is 2. The Morgan fingerprint density at radius 1 is 0.875 bits per heavy atom. The third kappa shape index (κ3) is 1.20. The van der Waals surface area contributed by atoms with Crippen molar-refractivity contribution in [3.63, 3.8) is 0 Å². The van der Waals surface area contributed by atoms with Gasteiger partial charge < -0.3 is 0 Å². The molecule has 0 aliphatic heterocycles. The molecule has 0 fully saturated rings. The molecular formula is C14H12N2. The van der Waals surface area contributed by atoms with Crippen LogP contribution in [-0.4, -0.2) is 9.97 Å². The normalized spacial score (nSPS) is 11.1. The zero-order chi connectivity index (χ0) is 11.1. The Hall–Kier alpha value is -1.96. The molecule has 2 nitrogen and oxygen atoms in total. The molecule has 2 heterocycles. The van der Waals surface area contributed by atoms with Crippen LogP contribution in [-0.2, 0) is 0 Å². The number of rotatable bonds is 0. The Bertz CT molecular complexity index is 687. The smallest absolute Gasteiger partial charge is 0.0814 e. The Kier molecular flexibility index (Phi) is 1.90. The lowest BCUT2D eigenvalue weighted by molar-refractivity contribution is 1.27. The van der Waals surface area contributed by atoms with Gasteiger partial charge in [-0.1, -0.05) is 18.2 Å². The number of hydrogen-bond donors (Lipinski definition) is 0. The number of aryl methyl sites for hydroxylation is 2. The maximum absolute atomic E-state index is 4.53. The molecule has 1 aromatic carbocycles. The summed E-state index contributed by atoms with van der Waals surface area (Å²) >= 11 is 0. The summed E-state index contributed by atoms with van der Waals surface area (Å²) in [7, 11) is 0. The molecule has 2 aromatic heterocycles. The van der Waals surface area contributed by atoms with Crippen molar-refractivity contribution in [1.29, 1.82) is 0 Å². The molecule has 0 saturated heterocycles. The minimum atomic E-state index is 1.01. The van der Waals surface area contributed by atoms with E-state index in [0.29, 0.717) is 0 Å². The van der Waals surface area contributed by atoms with Crippen LogP contribution in [0, 0.1) is 13.8 Å². The van der Waals surface area contributed by atoms with Crippen LogP contribution in [0.5, 0.6) is 0 Å². The number of para-hydroxylation sites is 1. The molecular weight excluding hydrogens is 196 g/mol. The van der Waals surface area contributed by atoms with Crippen LogP contribution < -0.4 is 0 Å².